The molecule has 2 aliphatic heterocycles. The summed E-state index contributed by atoms with van der Waals surface area (Å²) < 4.78 is 33.3. The molecule has 0 spiro atoms. The van der Waals surface area contributed by atoms with Crippen molar-refractivity contribution in [3.05, 3.63) is 5.69 Å². The fourth-order valence-electron chi connectivity index (χ4n) is 3.38. The van der Waals surface area contributed by atoms with Gasteiger partial charge in [-0.3, -0.25) is 0 Å². The highest BCUT2D eigenvalue weighted by Crippen LogP contribution is 2.40. The zero-order valence-electron chi connectivity index (χ0n) is 11.8. The fourth-order valence-corrected chi connectivity index (χ4v) is 5.89. The van der Waals surface area contributed by atoms with Crippen LogP contribution in [0.15, 0.2) is 5.03 Å². The van der Waals surface area contributed by atoms with Gasteiger partial charge in [0.15, 0.2) is 14.9 Å². The summed E-state index contributed by atoms with van der Waals surface area (Å²) in [5.41, 5.74) is 0.750. The van der Waals surface area contributed by atoms with Crippen LogP contribution >= 0.6 is 11.7 Å². The van der Waals surface area contributed by atoms with E-state index in [9.17, 15) is 8.42 Å². The number of nitrogens with zero attached hydrogens (tertiary/aromatic N) is 3. The van der Waals surface area contributed by atoms with Crippen molar-refractivity contribution in [3.63, 3.8) is 0 Å². The molecule has 0 aromatic carbocycles. The predicted molar refractivity (Wildman–Crippen MR) is 78.8 cm³/mol. The summed E-state index contributed by atoms with van der Waals surface area (Å²) in [6, 6.07) is 0. The number of aromatic nitrogens is 2. The van der Waals surface area contributed by atoms with E-state index in [0.717, 1.165) is 43.5 Å². The third-order valence-corrected chi connectivity index (χ3v) is 6.83. The van der Waals surface area contributed by atoms with Gasteiger partial charge < -0.3 is 4.90 Å². The second-order valence-corrected chi connectivity index (χ2v) is 8.45. The van der Waals surface area contributed by atoms with Crippen molar-refractivity contribution >= 4 is 21.6 Å². The minimum absolute atomic E-state index is 0.197. The van der Waals surface area contributed by atoms with Crippen molar-refractivity contribution in [2.24, 2.45) is 5.92 Å². The molecule has 1 aromatic heterocycles. The van der Waals surface area contributed by atoms with E-state index in [1.54, 1.807) is 0 Å². The van der Waals surface area contributed by atoms with Crippen LogP contribution in [0.5, 0.6) is 0 Å². The van der Waals surface area contributed by atoms with Crippen LogP contribution in [0.4, 0.5) is 0 Å². The van der Waals surface area contributed by atoms with Crippen LogP contribution in [0.25, 0.3) is 0 Å². The first-order chi connectivity index (χ1) is 9.62. The van der Waals surface area contributed by atoms with Gasteiger partial charge in [-0.2, -0.15) is 8.75 Å². The van der Waals surface area contributed by atoms with Gasteiger partial charge in [0.05, 0.1) is 23.2 Å². The Morgan fingerprint density at radius 3 is 2.95 bits per heavy atom. The number of sulfone groups is 1. The first-order valence-electron chi connectivity index (χ1n) is 7.39. The van der Waals surface area contributed by atoms with Crippen LogP contribution in [0.2, 0.25) is 0 Å². The van der Waals surface area contributed by atoms with Gasteiger partial charge in [0.25, 0.3) is 0 Å². The molecule has 112 valence electrons. The topological polar surface area (TPSA) is 63.2 Å². The lowest BCUT2D eigenvalue weighted by Crippen LogP contribution is -2.25. The van der Waals surface area contributed by atoms with E-state index in [2.05, 4.69) is 13.6 Å². The van der Waals surface area contributed by atoms with Crippen LogP contribution in [0.3, 0.4) is 0 Å². The SMILES string of the molecule is CCCCS(=O)(=O)c1nsnc1[C@H]1CN2CCC[C@H]1C2. The zero-order chi connectivity index (χ0) is 14.2. The maximum atomic E-state index is 12.4. The van der Waals surface area contributed by atoms with Crippen LogP contribution in [-0.4, -0.2) is 47.5 Å². The lowest BCUT2D eigenvalue weighted by molar-refractivity contribution is 0.269. The standard InChI is InChI=1S/C13H21N3O2S2/c1-2-3-7-20(17,18)13-12(14-19-15-13)11-9-16-6-4-5-10(11)8-16/h10-11H,2-9H2,1H3/t10-,11-/m0/s1. The van der Waals surface area contributed by atoms with Crippen LogP contribution in [0.1, 0.15) is 44.2 Å². The third-order valence-electron chi connectivity index (χ3n) is 4.46. The Kier molecular flexibility index (Phi) is 4.10. The number of rotatable bonds is 5. The van der Waals surface area contributed by atoms with E-state index < -0.39 is 9.84 Å². The summed E-state index contributed by atoms with van der Waals surface area (Å²) >= 11 is 1.05. The zero-order valence-corrected chi connectivity index (χ0v) is 13.4. The molecule has 2 saturated heterocycles. The summed E-state index contributed by atoms with van der Waals surface area (Å²) in [4.78, 5) is 2.43. The molecule has 0 radical (unpaired) electrons. The summed E-state index contributed by atoms with van der Waals surface area (Å²) in [6.45, 7) is 5.19. The van der Waals surface area contributed by atoms with E-state index in [4.69, 9.17) is 0 Å². The third kappa shape index (κ3) is 2.63. The van der Waals surface area contributed by atoms with Gasteiger partial charge in [-0.05, 0) is 31.7 Å². The summed E-state index contributed by atoms with van der Waals surface area (Å²) in [5, 5.41) is 0.273. The highest BCUT2D eigenvalue weighted by Gasteiger charge is 2.40. The molecule has 7 heteroatoms. The molecule has 3 rings (SSSR count). The highest BCUT2D eigenvalue weighted by atomic mass is 32.2. The second kappa shape index (κ2) is 5.69. The molecule has 0 N–H and O–H groups in total. The molecule has 0 aliphatic carbocycles. The smallest absolute Gasteiger partial charge is 0.198 e. The summed E-state index contributed by atoms with van der Waals surface area (Å²) in [7, 11) is -3.26. The molecule has 2 aliphatic rings. The summed E-state index contributed by atoms with van der Waals surface area (Å²) in [6.07, 6.45) is 3.98. The Balaban J connectivity index is 1.87. The molecule has 5 nitrogen and oxygen atoms in total. The van der Waals surface area contributed by atoms with Crippen LogP contribution in [-0.2, 0) is 9.84 Å². The molecular weight excluding hydrogens is 294 g/mol. The molecular formula is C13H21N3O2S2. The van der Waals surface area contributed by atoms with Gasteiger partial charge in [0.2, 0.25) is 0 Å². The first kappa shape index (κ1) is 14.4. The van der Waals surface area contributed by atoms with Crippen molar-refractivity contribution in [1.82, 2.24) is 13.6 Å². The average molecular weight is 315 g/mol. The van der Waals surface area contributed by atoms with E-state index in [1.807, 2.05) is 6.92 Å². The second-order valence-electron chi connectivity index (χ2n) is 5.90. The Morgan fingerprint density at radius 1 is 1.35 bits per heavy atom. The number of unbranched alkanes of at least 4 members (excludes halogenated alkanes) is 1. The summed E-state index contributed by atoms with van der Waals surface area (Å²) in [5.74, 6) is 1.03. The van der Waals surface area contributed by atoms with Crippen molar-refractivity contribution in [2.45, 2.75) is 43.6 Å². The Morgan fingerprint density at radius 2 is 2.20 bits per heavy atom. The van der Waals surface area contributed by atoms with Gasteiger partial charge >= 0.3 is 0 Å². The normalized spacial score (nSPS) is 29.8. The van der Waals surface area contributed by atoms with Crippen molar-refractivity contribution < 1.29 is 8.42 Å². The molecule has 1 aromatic rings. The Labute approximate surface area is 124 Å². The van der Waals surface area contributed by atoms with Crippen molar-refractivity contribution in [1.29, 1.82) is 0 Å². The molecule has 20 heavy (non-hydrogen) atoms. The van der Waals surface area contributed by atoms with Crippen LogP contribution in [0, 0.1) is 5.92 Å². The predicted octanol–water partition coefficient (Wildman–Crippen LogP) is 1.92. The molecule has 2 fully saturated rings. The van der Waals surface area contributed by atoms with Gasteiger partial charge in [0, 0.05) is 19.0 Å². The monoisotopic (exact) mass is 315 g/mol. The van der Waals surface area contributed by atoms with Gasteiger partial charge in [-0.1, -0.05) is 13.3 Å². The van der Waals surface area contributed by atoms with E-state index in [0.29, 0.717) is 12.3 Å². The molecule has 0 amide bonds. The van der Waals surface area contributed by atoms with E-state index in [-0.39, 0.29) is 16.7 Å². The molecule has 2 bridgehead atoms. The number of fused-ring (bicyclic) bond motifs is 2. The molecule has 3 heterocycles. The lowest BCUT2D eigenvalue weighted by Gasteiger charge is -2.21. The van der Waals surface area contributed by atoms with E-state index >= 15 is 0 Å². The maximum Gasteiger partial charge on any atom is 0.198 e. The Hall–Kier alpha value is -0.530. The largest absolute Gasteiger partial charge is 0.302 e. The maximum absolute atomic E-state index is 12.4. The van der Waals surface area contributed by atoms with Gasteiger partial charge in [0.1, 0.15) is 0 Å². The quantitative estimate of drug-likeness (QED) is 0.830. The highest BCUT2D eigenvalue weighted by molar-refractivity contribution is 7.91. The molecule has 1 unspecified atom stereocenters. The number of hydrogen-bond donors (Lipinski definition) is 0. The van der Waals surface area contributed by atoms with E-state index in [1.165, 1.54) is 12.8 Å². The van der Waals surface area contributed by atoms with Gasteiger partial charge in [-0.15, -0.1) is 0 Å². The van der Waals surface area contributed by atoms with Gasteiger partial charge in [-0.25, -0.2) is 8.42 Å². The first-order valence-corrected chi connectivity index (χ1v) is 9.77. The van der Waals surface area contributed by atoms with Crippen LogP contribution < -0.4 is 0 Å². The molecule has 3 atom stereocenters. The Bertz CT molecular complexity index is 570. The number of hydrogen-bond acceptors (Lipinski definition) is 6. The fraction of sp³-hybridized carbons (Fsp3) is 0.846. The molecule has 0 saturated carbocycles. The lowest BCUT2D eigenvalue weighted by atomic mass is 9.89. The minimum Gasteiger partial charge on any atom is -0.302 e. The van der Waals surface area contributed by atoms with Crippen molar-refractivity contribution in [3.8, 4) is 0 Å². The average Bonchev–Trinajstić information content (AvgIpc) is 3.02. The minimum atomic E-state index is -3.26. The van der Waals surface area contributed by atoms with Crippen molar-refractivity contribution in [2.75, 3.05) is 25.4 Å². The number of piperidine rings is 1.